The highest BCUT2D eigenvalue weighted by Gasteiger charge is 2.23. The fourth-order valence-corrected chi connectivity index (χ4v) is 3.44. The predicted molar refractivity (Wildman–Crippen MR) is 106 cm³/mol. The lowest BCUT2D eigenvalue weighted by molar-refractivity contribution is -0.122. The van der Waals surface area contributed by atoms with E-state index >= 15 is 0 Å². The molecule has 0 radical (unpaired) electrons. The number of carbonyl (C=O) groups excluding carboxylic acids is 2. The second kappa shape index (κ2) is 11.5. The Labute approximate surface area is 164 Å². The van der Waals surface area contributed by atoms with Crippen LogP contribution in [0.2, 0.25) is 0 Å². The van der Waals surface area contributed by atoms with Crippen LogP contribution in [0.4, 0.5) is 0 Å². The van der Waals surface area contributed by atoms with Crippen LogP contribution in [-0.2, 0) is 4.79 Å². The zero-order valence-corrected chi connectivity index (χ0v) is 16.7. The summed E-state index contributed by atoms with van der Waals surface area (Å²) < 4.78 is 0.925. The van der Waals surface area contributed by atoms with Gasteiger partial charge >= 0.3 is 0 Å². The van der Waals surface area contributed by atoms with Gasteiger partial charge in [0.1, 0.15) is 0 Å². The van der Waals surface area contributed by atoms with Crippen LogP contribution in [-0.4, -0.2) is 30.9 Å². The number of hydrogen-bond donors (Lipinski definition) is 3. The lowest BCUT2D eigenvalue weighted by Crippen LogP contribution is -2.46. The van der Waals surface area contributed by atoms with Crippen LogP contribution in [0.3, 0.4) is 0 Å². The molecule has 1 saturated carbocycles. The largest absolute Gasteiger partial charge is 0.352 e. The molecule has 1 atom stereocenters. The summed E-state index contributed by atoms with van der Waals surface area (Å²) in [5.41, 5.74) is 6.41. The van der Waals surface area contributed by atoms with E-state index in [1.54, 1.807) is 12.1 Å². The van der Waals surface area contributed by atoms with Crippen LogP contribution >= 0.6 is 28.3 Å². The lowest BCUT2D eigenvalue weighted by Gasteiger charge is -2.30. The number of amides is 2. The Morgan fingerprint density at radius 3 is 2.40 bits per heavy atom. The summed E-state index contributed by atoms with van der Waals surface area (Å²) in [5, 5.41) is 5.81. The molecule has 1 aromatic carbocycles. The zero-order valence-electron chi connectivity index (χ0n) is 14.3. The molecule has 0 bridgehead atoms. The summed E-state index contributed by atoms with van der Waals surface area (Å²) in [4.78, 5) is 24.1. The minimum Gasteiger partial charge on any atom is -0.352 e. The zero-order chi connectivity index (χ0) is 17.4. The molecule has 5 nitrogen and oxygen atoms in total. The smallest absolute Gasteiger partial charge is 0.251 e. The van der Waals surface area contributed by atoms with E-state index in [-0.39, 0.29) is 36.7 Å². The first-order valence-electron chi connectivity index (χ1n) is 8.63. The molecular weight excluding hydrogens is 406 g/mol. The highest BCUT2D eigenvalue weighted by molar-refractivity contribution is 9.10. The van der Waals surface area contributed by atoms with Crippen molar-refractivity contribution in [3.05, 3.63) is 34.3 Å². The van der Waals surface area contributed by atoms with Gasteiger partial charge in [-0.05, 0) is 43.0 Å². The average molecular weight is 433 g/mol. The van der Waals surface area contributed by atoms with Gasteiger partial charge in [-0.1, -0.05) is 35.2 Å². The van der Waals surface area contributed by atoms with Gasteiger partial charge in [-0.2, -0.15) is 0 Å². The van der Waals surface area contributed by atoms with Crippen LogP contribution < -0.4 is 16.4 Å². The molecule has 140 valence electrons. The molecule has 1 fully saturated rings. The van der Waals surface area contributed by atoms with Crippen molar-refractivity contribution in [2.24, 2.45) is 11.7 Å². The molecule has 4 N–H and O–H groups in total. The molecule has 0 aromatic heterocycles. The highest BCUT2D eigenvalue weighted by atomic mass is 79.9. The molecule has 0 aliphatic heterocycles. The molecule has 1 aliphatic carbocycles. The van der Waals surface area contributed by atoms with Crippen molar-refractivity contribution in [3.8, 4) is 0 Å². The normalized spacial score (nSPS) is 15.8. The number of hydrogen-bond acceptors (Lipinski definition) is 3. The Morgan fingerprint density at radius 2 is 1.80 bits per heavy atom. The Hall–Kier alpha value is -1.11. The third kappa shape index (κ3) is 7.34. The standard InChI is InChI=1S/C18H26BrN3O2.ClH/c19-15-8-6-14(7-9-15)18(24)21-11-10-17(23)22-16(12-20)13-4-2-1-3-5-13;/h6-9,13,16H,1-5,10-12,20H2,(H,21,24)(H,22,23);1H. The topological polar surface area (TPSA) is 84.2 Å². The number of nitrogens with one attached hydrogen (secondary N) is 2. The summed E-state index contributed by atoms with van der Waals surface area (Å²) >= 11 is 3.33. The van der Waals surface area contributed by atoms with Gasteiger partial charge in [-0.15, -0.1) is 12.4 Å². The van der Waals surface area contributed by atoms with Crippen molar-refractivity contribution in [1.82, 2.24) is 10.6 Å². The van der Waals surface area contributed by atoms with E-state index in [2.05, 4.69) is 26.6 Å². The van der Waals surface area contributed by atoms with E-state index in [0.717, 1.165) is 17.3 Å². The maximum Gasteiger partial charge on any atom is 0.251 e. The quantitative estimate of drug-likeness (QED) is 0.619. The second-order valence-corrected chi connectivity index (χ2v) is 7.24. The fourth-order valence-electron chi connectivity index (χ4n) is 3.18. The molecule has 1 aromatic rings. The van der Waals surface area contributed by atoms with E-state index in [4.69, 9.17) is 5.73 Å². The molecule has 0 spiro atoms. The van der Waals surface area contributed by atoms with Crippen LogP contribution in [0.15, 0.2) is 28.7 Å². The maximum atomic E-state index is 12.1. The lowest BCUT2D eigenvalue weighted by atomic mass is 9.84. The number of nitrogens with two attached hydrogens (primary N) is 1. The highest BCUT2D eigenvalue weighted by Crippen LogP contribution is 2.26. The summed E-state index contributed by atoms with van der Waals surface area (Å²) in [6.07, 6.45) is 6.28. The first kappa shape index (κ1) is 21.9. The average Bonchev–Trinajstić information content (AvgIpc) is 2.61. The Balaban J connectivity index is 0.00000312. The summed E-state index contributed by atoms with van der Waals surface area (Å²) in [7, 11) is 0. The second-order valence-electron chi connectivity index (χ2n) is 6.32. The third-order valence-electron chi connectivity index (χ3n) is 4.56. The Bertz CT molecular complexity index is 548. The first-order chi connectivity index (χ1) is 11.6. The van der Waals surface area contributed by atoms with Crippen molar-refractivity contribution < 1.29 is 9.59 Å². The molecule has 2 amide bonds. The van der Waals surface area contributed by atoms with Crippen molar-refractivity contribution in [3.63, 3.8) is 0 Å². The van der Waals surface area contributed by atoms with E-state index < -0.39 is 0 Å². The predicted octanol–water partition coefficient (Wildman–Crippen LogP) is 3.01. The number of carbonyl (C=O) groups is 2. The summed E-state index contributed by atoms with van der Waals surface area (Å²) in [6, 6.07) is 7.18. The maximum absolute atomic E-state index is 12.1. The minimum atomic E-state index is -0.169. The van der Waals surface area contributed by atoms with Gasteiger partial charge in [0.15, 0.2) is 0 Å². The van der Waals surface area contributed by atoms with Crippen LogP contribution in [0.25, 0.3) is 0 Å². The number of halogens is 2. The molecule has 1 unspecified atom stereocenters. The van der Waals surface area contributed by atoms with Gasteiger partial charge < -0.3 is 16.4 Å². The molecule has 0 saturated heterocycles. The molecule has 1 aliphatic rings. The number of rotatable bonds is 7. The van der Waals surface area contributed by atoms with Crippen molar-refractivity contribution in [2.75, 3.05) is 13.1 Å². The molecular formula is C18H27BrClN3O2. The van der Waals surface area contributed by atoms with Crippen LogP contribution in [0.5, 0.6) is 0 Å². The van der Waals surface area contributed by atoms with Crippen LogP contribution in [0, 0.1) is 5.92 Å². The fraction of sp³-hybridized carbons (Fsp3) is 0.556. The van der Waals surface area contributed by atoms with Gasteiger partial charge in [0.05, 0.1) is 0 Å². The molecule has 2 rings (SSSR count). The SMILES string of the molecule is Cl.NCC(NC(=O)CCNC(=O)c1ccc(Br)cc1)C1CCCCC1. The van der Waals surface area contributed by atoms with Gasteiger partial charge in [-0.25, -0.2) is 0 Å². The summed E-state index contributed by atoms with van der Waals surface area (Å²) in [5.74, 6) is 0.273. The van der Waals surface area contributed by atoms with Crippen molar-refractivity contribution in [2.45, 2.75) is 44.6 Å². The van der Waals surface area contributed by atoms with Crippen molar-refractivity contribution >= 4 is 40.2 Å². The van der Waals surface area contributed by atoms with Gasteiger partial charge in [-0.3, -0.25) is 9.59 Å². The molecule has 0 heterocycles. The molecule has 25 heavy (non-hydrogen) atoms. The first-order valence-corrected chi connectivity index (χ1v) is 9.42. The summed E-state index contributed by atoms with van der Waals surface area (Å²) in [6.45, 7) is 0.796. The van der Waals surface area contributed by atoms with Gasteiger partial charge in [0, 0.05) is 35.6 Å². The Kier molecular flexibility index (Phi) is 10.1. The van der Waals surface area contributed by atoms with Crippen molar-refractivity contribution in [1.29, 1.82) is 0 Å². The van der Waals surface area contributed by atoms with Gasteiger partial charge in [0.25, 0.3) is 5.91 Å². The number of benzene rings is 1. The molecule has 7 heteroatoms. The van der Waals surface area contributed by atoms with Crippen LogP contribution in [0.1, 0.15) is 48.9 Å². The Morgan fingerprint density at radius 1 is 1.16 bits per heavy atom. The van der Waals surface area contributed by atoms with E-state index in [1.165, 1.54) is 19.3 Å². The third-order valence-corrected chi connectivity index (χ3v) is 5.09. The van der Waals surface area contributed by atoms with E-state index in [0.29, 0.717) is 24.6 Å². The monoisotopic (exact) mass is 431 g/mol. The van der Waals surface area contributed by atoms with E-state index in [1.807, 2.05) is 12.1 Å². The minimum absolute atomic E-state index is 0. The van der Waals surface area contributed by atoms with E-state index in [9.17, 15) is 9.59 Å². The van der Waals surface area contributed by atoms with Gasteiger partial charge in [0.2, 0.25) is 5.91 Å².